The molecule has 0 radical (unpaired) electrons. The zero-order valence-corrected chi connectivity index (χ0v) is 23.1. The fraction of sp³-hybridized carbons (Fsp3) is 0.200. The van der Waals surface area contributed by atoms with Crippen LogP contribution in [0.4, 0.5) is 0 Å². The maximum absolute atomic E-state index is 14.2. The molecule has 2 heterocycles. The van der Waals surface area contributed by atoms with Gasteiger partial charge in [-0.2, -0.15) is 0 Å². The molecule has 0 spiro atoms. The Morgan fingerprint density at radius 2 is 1.17 bits per heavy atom. The number of H-pyrrole nitrogens is 1. The second kappa shape index (κ2) is 10.7. The van der Waals surface area contributed by atoms with Crippen molar-refractivity contribution in [1.29, 1.82) is 0 Å². The number of para-hydroxylation sites is 1. The third kappa shape index (κ3) is 3.98. The van der Waals surface area contributed by atoms with Crippen molar-refractivity contribution in [1.82, 2.24) is 10.3 Å². The number of rotatable bonds is 7. The second-order valence-corrected chi connectivity index (χ2v) is 10.1. The minimum absolute atomic E-state index is 0.109. The molecule has 0 amide bonds. The minimum atomic E-state index is -1.92. The number of carbonyl (C=O) groups excluding carboxylic acids is 2. The van der Waals surface area contributed by atoms with Crippen molar-refractivity contribution >= 4 is 22.8 Å². The lowest BCUT2D eigenvalue weighted by atomic mass is 9.59. The number of fused-ring (bicyclic) bond motifs is 3. The van der Waals surface area contributed by atoms with Crippen molar-refractivity contribution in [3.8, 4) is 0 Å². The van der Waals surface area contributed by atoms with E-state index in [1.807, 2.05) is 91.0 Å². The molecule has 1 atom stereocenters. The Morgan fingerprint density at radius 3 is 1.71 bits per heavy atom. The average molecular weight is 545 g/mol. The molecule has 6 nitrogen and oxygen atoms in total. The van der Waals surface area contributed by atoms with Gasteiger partial charge in [0.1, 0.15) is 0 Å². The molecule has 0 unspecified atom stereocenters. The first-order chi connectivity index (χ1) is 20.1. The molecule has 0 bridgehead atoms. The summed E-state index contributed by atoms with van der Waals surface area (Å²) < 4.78 is 11.4. The van der Waals surface area contributed by atoms with Crippen molar-refractivity contribution in [3.05, 3.63) is 143 Å². The van der Waals surface area contributed by atoms with E-state index in [9.17, 15) is 9.59 Å². The van der Waals surface area contributed by atoms with E-state index in [1.165, 1.54) is 0 Å². The fourth-order valence-corrected chi connectivity index (χ4v) is 6.42. The highest BCUT2D eigenvalue weighted by atomic mass is 16.6. The Balaban J connectivity index is 1.84. The standard InChI is InChI=1S/C35H32N2O4/c1-3-40-32(38)35(33(39)41-4-2)29-27-22-14-15-23-28(27)36-31(29)34(25-18-10-6-11-19-25,26-20-12-7-13-21-26)30(37-35)24-16-8-5-9-17-24/h5-23,30,36-37H,3-4H2,1-2H3/t30-/m0/s1. The van der Waals surface area contributed by atoms with Crippen LogP contribution in [0.2, 0.25) is 0 Å². The molecule has 0 aliphatic carbocycles. The largest absolute Gasteiger partial charge is 0.464 e. The molecular weight excluding hydrogens is 512 g/mol. The van der Waals surface area contributed by atoms with E-state index in [1.54, 1.807) is 13.8 Å². The Morgan fingerprint density at radius 1 is 0.683 bits per heavy atom. The average Bonchev–Trinajstić information content (AvgIpc) is 3.42. The molecule has 6 rings (SSSR count). The summed E-state index contributed by atoms with van der Waals surface area (Å²) in [5, 5.41) is 4.35. The number of hydrogen-bond donors (Lipinski definition) is 2. The van der Waals surface area contributed by atoms with Gasteiger partial charge in [-0.15, -0.1) is 0 Å². The van der Waals surface area contributed by atoms with Crippen LogP contribution in [0.1, 0.15) is 47.8 Å². The molecule has 4 aromatic carbocycles. The topological polar surface area (TPSA) is 80.4 Å². The summed E-state index contributed by atoms with van der Waals surface area (Å²) in [6.07, 6.45) is 0. The van der Waals surface area contributed by atoms with Crippen molar-refractivity contribution < 1.29 is 19.1 Å². The fourth-order valence-electron chi connectivity index (χ4n) is 6.42. The van der Waals surface area contributed by atoms with Gasteiger partial charge in [0.05, 0.1) is 24.7 Å². The molecule has 1 aliphatic rings. The highest BCUT2D eigenvalue weighted by Crippen LogP contribution is 2.56. The lowest BCUT2D eigenvalue weighted by Gasteiger charge is -2.51. The molecule has 206 valence electrons. The molecular formula is C35H32N2O4. The lowest BCUT2D eigenvalue weighted by molar-refractivity contribution is -0.168. The van der Waals surface area contributed by atoms with E-state index >= 15 is 0 Å². The van der Waals surface area contributed by atoms with E-state index in [2.05, 4.69) is 34.6 Å². The molecule has 0 saturated carbocycles. The van der Waals surface area contributed by atoms with Crippen LogP contribution in [0.15, 0.2) is 115 Å². The second-order valence-electron chi connectivity index (χ2n) is 10.1. The van der Waals surface area contributed by atoms with Gasteiger partial charge >= 0.3 is 11.9 Å². The van der Waals surface area contributed by atoms with Gasteiger partial charge in [0.25, 0.3) is 0 Å². The number of benzene rings is 4. The summed E-state index contributed by atoms with van der Waals surface area (Å²) in [7, 11) is 0. The first-order valence-electron chi connectivity index (χ1n) is 14.0. The Bertz CT molecular complexity index is 1620. The van der Waals surface area contributed by atoms with Gasteiger partial charge in [0, 0.05) is 22.2 Å². The van der Waals surface area contributed by atoms with Gasteiger partial charge < -0.3 is 14.5 Å². The number of aromatic nitrogens is 1. The zero-order valence-electron chi connectivity index (χ0n) is 23.1. The van der Waals surface area contributed by atoms with Gasteiger partial charge in [0.15, 0.2) is 0 Å². The highest BCUT2D eigenvalue weighted by molar-refractivity contribution is 6.10. The molecule has 1 aromatic heterocycles. The SMILES string of the molecule is CCOC(=O)C1(C(=O)OCC)N[C@@H](c2ccccc2)C(c2ccccc2)(c2ccccc2)c2[nH]c3ccccc3c21. The smallest absolute Gasteiger partial charge is 0.342 e. The molecule has 5 aromatic rings. The minimum Gasteiger partial charge on any atom is -0.464 e. The van der Waals surface area contributed by atoms with Gasteiger partial charge in [-0.1, -0.05) is 109 Å². The number of esters is 2. The summed E-state index contributed by atoms with van der Waals surface area (Å²) in [4.78, 5) is 32.1. The van der Waals surface area contributed by atoms with Gasteiger partial charge in [-0.3, -0.25) is 5.32 Å². The van der Waals surface area contributed by atoms with E-state index in [-0.39, 0.29) is 13.2 Å². The normalized spacial score (nSPS) is 17.0. The predicted octanol–water partition coefficient (Wildman–Crippen LogP) is 6.17. The highest BCUT2D eigenvalue weighted by Gasteiger charge is 2.64. The monoisotopic (exact) mass is 544 g/mol. The number of aromatic amines is 1. The van der Waals surface area contributed by atoms with Crippen LogP contribution >= 0.6 is 0 Å². The summed E-state index contributed by atoms with van der Waals surface area (Å²) in [5.74, 6) is -1.39. The van der Waals surface area contributed by atoms with Crippen molar-refractivity contribution in [2.24, 2.45) is 0 Å². The van der Waals surface area contributed by atoms with Gasteiger partial charge in [-0.05, 0) is 36.6 Å². The van der Waals surface area contributed by atoms with Gasteiger partial charge in [-0.25, -0.2) is 9.59 Å². The lowest BCUT2D eigenvalue weighted by Crippen LogP contribution is -2.65. The summed E-state index contributed by atoms with van der Waals surface area (Å²) in [5.41, 5.74) is 2.18. The van der Waals surface area contributed by atoms with E-state index < -0.39 is 28.9 Å². The predicted molar refractivity (Wildman–Crippen MR) is 158 cm³/mol. The van der Waals surface area contributed by atoms with E-state index in [0.717, 1.165) is 33.3 Å². The quantitative estimate of drug-likeness (QED) is 0.189. The van der Waals surface area contributed by atoms with E-state index in [4.69, 9.17) is 9.47 Å². The van der Waals surface area contributed by atoms with Crippen molar-refractivity contribution in [3.63, 3.8) is 0 Å². The van der Waals surface area contributed by atoms with Crippen LogP contribution < -0.4 is 5.32 Å². The van der Waals surface area contributed by atoms with Gasteiger partial charge in [0.2, 0.25) is 5.54 Å². The summed E-state index contributed by atoms with van der Waals surface area (Å²) >= 11 is 0. The van der Waals surface area contributed by atoms with Crippen LogP contribution in [0, 0.1) is 0 Å². The Kier molecular flexibility index (Phi) is 6.93. The van der Waals surface area contributed by atoms with Crippen LogP contribution in [-0.4, -0.2) is 30.1 Å². The molecule has 41 heavy (non-hydrogen) atoms. The maximum Gasteiger partial charge on any atom is 0.342 e. The van der Waals surface area contributed by atoms with E-state index in [0.29, 0.717) is 5.56 Å². The zero-order chi connectivity index (χ0) is 28.5. The molecule has 1 aliphatic heterocycles. The van der Waals surface area contributed by atoms with Crippen LogP contribution in [0.3, 0.4) is 0 Å². The first kappa shape index (κ1) is 26.5. The van der Waals surface area contributed by atoms with Crippen LogP contribution in [0.25, 0.3) is 10.9 Å². The number of hydrogen-bond acceptors (Lipinski definition) is 5. The number of ether oxygens (including phenoxy) is 2. The van der Waals surface area contributed by atoms with Crippen LogP contribution in [-0.2, 0) is 30.0 Å². The number of nitrogens with one attached hydrogen (secondary N) is 2. The van der Waals surface area contributed by atoms with Crippen molar-refractivity contribution in [2.45, 2.75) is 30.8 Å². The third-order valence-corrected chi connectivity index (χ3v) is 8.02. The van der Waals surface area contributed by atoms with Crippen molar-refractivity contribution in [2.75, 3.05) is 13.2 Å². The molecule has 2 N–H and O–H groups in total. The first-order valence-corrected chi connectivity index (χ1v) is 14.0. The number of carbonyl (C=O) groups is 2. The Hall–Kier alpha value is -4.68. The molecule has 0 saturated heterocycles. The maximum atomic E-state index is 14.2. The Labute approximate surface area is 239 Å². The molecule has 6 heteroatoms. The summed E-state index contributed by atoms with van der Waals surface area (Å²) in [6, 6.07) is 37.5. The third-order valence-electron chi connectivity index (χ3n) is 8.02. The molecule has 0 fully saturated rings. The van der Waals surface area contributed by atoms with Crippen LogP contribution in [0.5, 0.6) is 0 Å². The summed E-state index contributed by atoms with van der Waals surface area (Å²) in [6.45, 7) is 3.70.